The number of nitrogens with zero attached hydrogens (tertiary/aromatic N) is 1. The van der Waals surface area contributed by atoms with E-state index in [4.69, 9.17) is 5.11 Å². The standard InChI is InChI=1S/C10H12N2O2/c13-10(14)8-6-11-4-3-9(8)12-5-7-1-2-7/h3-4,6-7H,1-2,5H2,(H,11,12)(H,13,14). The van der Waals surface area contributed by atoms with E-state index in [2.05, 4.69) is 10.3 Å². The first-order chi connectivity index (χ1) is 6.77. The van der Waals surface area contributed by atoms with Gasteiger partial charge in [0.05, 0.1) is 5.69 Å². The van der Waals surface area contributed by atoms with Crippen LogP contribution in [-0.4, -0.2) is 22.6 Å². The molecule has 4 nitrogen and oxygen atoms in total. The molecular weight excluding hydrogens is 180 g/mol. The number of nitrogens with one attached hydrogen (secondary N) is 1. The molecule has 1 fully saturated rings. The summed E-state index contributed by atoms with van der Waals surface area (Å²) in [5, 5.41) is 12.0. The van der Waals surface area contributed by atoms with Gasteiger partial charge in [0.15, 0.2) is 0 Å². The molecule has 1 aliphatic carbocycles. The largest absolute Gasteiger partial charge is 0.478 e. The van der Waals surface area contributed by atoms with Crippen LogP contribution >= 0.6 is 0 Å². The number of hydrogen-bond donors (Lipinski definition) is 2. The molecule has 1 aliphatic rings. The quantitative estimate of drug-likeness (QED) is 0.760. The highest BCUT2D eigenvalue weighted by Crippen LogP contribution is 2.29. The van der Waals surface area contributed by atoms with Gasteiger partial charge in [-0.25, -0.2) is 4.79 Å². The molecule has 1 saturated carbocycles. The van der Waals surface area contributed by atoms with Crippen LogP contribution in [0.3, 0.4) is 0 Å². The molecule has 0 bridgehead atoms. The molecule has 2 rings (SSSR count). The van der Waals surface area contributed by atoms with Crippen LogP contribution in [0.25, 0.3) is 0 Å². The van der Waals surface area contributed by atoms with Gasteiger partial charge in [-0.3, -0.25) is 4.98 Å². The van der Waals surface area contributed by atoms with Crippen molar-refractivity contribution < 1.29 is 9.90 Å². The van der Waals surface area contributed by atoms with E-state index in [0.717, 1.165) is 12.5 Å². The molecular formula is C10H12N2O2. The summed E-state index contributed by atoms with van der Waals surface area (Å²) in [7, 11) is 0. The Morgan fingerprint density at radius 1 is 1.64 bits per heavy atom. The summed E-state index contributed by atoms with van der Waals surface area (Å²) in [5.74, 6) is -0.207. The first-order valence-corrected chi connectivity index (χ1v) is 4.68. The van der Waals surface area contributed by atoms with E-state index in [0.29, 0.717) is 5.69 Å². The van der Waals surface area contributed by atoms with Crippen molar-refractivity contribution in [2.24, 2.45) is 5.92 Å². The lowest BCUT2D eigenvalue weighted by molar-refractivity contribution is 0.0697. The number of carboxylic acids is 1. The minimum atomic E-state index is -0.934. The number of aromatic nitrogens is 1. The molecule has 0 saturated heterocycles. The molecule has 0 atom stereocenters. The molecule has 0 amide bonds. The lowest BCUT2D eigenvalue weighted by Gasteiger charge is -2.07. The molecule has 0 aromatic carbocycles. The SMILES string of the molecule is O=C(O)c1cnccc1NCC1CC1. The van der Waals surface area contributed by atoms with Gasteiger partial charge in [0.25, 0.3) is 0 Å². The molecule has 0 radical (unpaired) electrons. The summed E-state index contributed by atoms with van der Waals surface area (Å²) in [5.41, 5.74) is 0.910. The number of hydrogen-bond acceptors (Lipinski definition) is 3. The second-order valence-corrected chi connectivity index (χ2v) is 3.55. The molecule has 74 valence electrons. The van der Waals surface area contributed by atoms with Crippen molar-refractivity contribution in [1.29, 1.82) is 0 Å². The first kappa shape index (κ1) is 8.99. The van der Waals surface area contributed by atoms with Crippen molar-refractivity contribution in [2.75, 3.05) is 11.9 Å². The fraction of sp³-hybridized carbons (Fsp3) is 0.400. The van der Waals surface area contributed by atoms with Gasteiger partial charge in [0.1, 0.15) is 5.56 Å². The van der Waals surface area contributed by atoms with E-state index in [1.54, 1.807) is 12.3 Å². The Kier molecular flexibility index (Phi) is 2.35. The molecule has 0 unspecified atom stereocenters. The van der Waals surface area contributed by atoms with Crippen LogP contribution in [0.15, 0.2) is 18.5 Å². The third-order valence-corrected chi connectivity index (χ3v) is 2.33. The number of aromatic carboxylic acids is 1. The molecule has 2 N–H and O–H groups in total. The van der Waals surface area contributed by atoms with Crippen molar-refractivity contribution in [3.8, 4) is 0 Å². The minimum Gasteiger partial charge on any atom is -0.478 e. The van der Waals surface area contributed by atoms with Crippen molar-refractivity contribution >= 4 is 11.7 Å². The highest BCUT2D eigenvalue weighted by molar-refractivity contribution is 5.93. The number of pyridine rings is 1. The Morgan fingerprint density at radius 2 is 2.43 bits per heavy atom. The third kappa shape index (κ3) is 2.02. The lowest BCUT2D eigenvalue weighted by atomic mass is 10.2. The van der Waals surface area contributed by atoms with Gasteiger partial charge in [0, 0.05) is 18.9 Å². The summed E-state index contributed by atoms with van der Waals surface area (Å²) < 4.78 is 0. The molecule has 0 spiro atoms. The van der Waals surface area contributed by atoms with Crippen molar-refractivity contribution in [1.82, 2.24) is 4.98 Å². The summed E-state index contributed by atoms with van der Waals surface area (Å²) in [6.07, 6.45) is 5.47. The minimum absolute atomic E-state index is 0.244. The maximum absolute atomic E-state index is 10.8. The number of carbonyl (C=O) groups is 1. The van der Waals surface area contributed by atoms with Gasteiger partial charge in [-0.2, -0.15) is 0 Å². The summed E-state index contributed by atoms with van der Waals surface area (Å²) >= 11 is 0. The molecule has 1 heterocycles. The Labute approximate surface area is 82.0 Å². The van der Waals surface area contributed by atoms with Crippen LogP contribution in [0.2, 0.25) is 0 Å². The van der Waals surface area contributed by atoms with E-state index in [1.807, 2.05) is 0 Å². The van der Waals surface area contributed by atoms with Crippen LogP contribution in [-0.2, 0) is 0 Å². The first-order valence-electron chi connectivity index (χ1n) is 4.68. The zero-order chi connectivity index (χ0) is 9.97. The van der Waals surface area contributed by atoms with Crippen LogP contribution in [0.5, 0.6) is 0 Å². The predicted octanol–water partition coefficient (Wildman–Crippen LogP) is 1.60. The van der Waals surface area contributed by atoms with Gasteiger partial charge >= 0.3 is 5.97 Å². The molecule has 0 aliphatic heterocycles. The summed E-state index contributed by atoms with van der Waals surface area (Å²) in [4.78, 5) is 14.6. The van der Waals surface area contributed by atoms with Gasteiger partial charge in [-0.15, -0.1) is 0 Å². The Morgan fingerprint density at radius 3 is 3.07 bits per heavy atom. The van der Waals surface area contributed by atoms with Gasteiger partial charge in [0.2, 0.25) is 0 Å². The Hall–Kier alpha value is -1.58. The average Bonchev–Trinajstić information content (AvgIpc) is 2.98. The van der Waals surface area contributed by atoms with Crippen LogP contribution < -0.4 is 5.32 Å². The molecule has 14 heavy (non-hydrogen) atoms. The predicted molar refractivity (Wildman–Crippen MR) is 52.4 cm³/mol. The fourth-order valence-corrected chi connectivity index (χ4v) is 1.30. The third-order valence-electron chi connectivity index (χ3n) is 2.33. The van der Waals surface area contributed by atoms with Gasteiger partial charge < -0.3 is 10.4 Å². The average molecular weight is 192 g/mol. The molecule has 1 aromatic rings. The lowest BCUT2D eigenvalue weighted by Crippen LogP contribution is -2.08. The van der Waals surface area contributed by atoms with Gasteiger partial charge in [-0.05, 0) is 24.8 Å². The van der Waals surface area contributed by atoms with E-state index in [1.165, 1.54) is 19.0 Å². The van der Waals surface area contributed by atoms with Gasteiger partial charge in [-0.1, -0.05) is 0 Å². The van der Waals surface area contributed by atoms with Crippen molar-refractivity contribution in [3.05, 3.63) is 24.0 Å². The molecule has 1 aromatic heterocycles. The topological polar surface area (TPSA) is 62.2 Å². The number of carboxylic acid groups (broad SMARTS) is 1. The van der Waals surface area contributed by atoms with Crippen molar-refractivity contribution in [2.45, 2.75) is 12.8 Å². The highest BCUT2D eigenvalue weighted by Gasteiger charge is 2.21. The van der Waals surface area contributed by atoms with E-state index in [9.17, 15) is 4.79 Å². The monoisotopic (exact) mass is 192 g/mol. The maximum atomic E-state index is 10.8. The van der Waals surface area contributed by atoms with Crippen LogP contribution in [0, 0.1) is 5.92 Å². The normalized spacial score (nSPS) is 15.1. The smallest absolute Gasteiger partial charge is 0.339 e. The molecule has 4 heteroatoms. The maximum Gasteiger partial charge on any atom is 0.339 e. The van der Waals surface area contributed by atoms with E-state index >= 15 is 0 Å². The Balaban J connectivity index is 2.09. The van der Waals surface area contributed by atoms with Crippen LogP contribution in [0.4, 0.5) is 5.69 Å². The number of anilines is 1. The fourth-order valence-electron chi connectivity index (χ4n) is 1.30. The summed E-state index contributed by atoms with van der Waals surface area (Å²) in [6, 6.07) is 1.70. The summed E-state index contributed by atoms with van der Waals surface area (Å²) in [6.45, 7) is 0.865. The van der Waals surface area contributed by atoms with Crippen molar-refractivity contribution in [3.63, 3.8) is 0 Å². The second-order valence-electron chi connectivity index (χ2n) is 3.55. The highest BCUT2D eigenvalue weighted by atomic mass is 16.4. The van der Waals surface area contributed by atoms with E-state index in [-0.39, 0.29) is 5.56 Å². The Bertz CT molecular complexity index is 348. The number of rotatable bonds is 4. The van der Waals surface area contributed by atoms with Crippen LogP contribution in [0.1, 0.15) is 23.2 Å². The zero-order valence-electron chi connectivity index (χ0n) is 7.73. The van der Waals surface area contributed by atoms with E-state index < -0.39 is 5.97 Å². The zero-order valence-corrected chi connectivity index (χ0v) is 7.73. The second kappa shape index (κ2) is 3.65.